The molecule has 1 heterocycles. The van der Waals surface area contributed by atoms with Crippen molar-refractivity contribution < 1.29 is 18.7 Å². The number of halogens is 1. The van der Waals surface area contributed by atoms with Crippen molar-refractivity contribution in [1.82, 2.24) is 0 Å². The van der Waals surface area contributed by atoms with Gasteiger partial charge in [0.1, 0.15) is 5.60 Å². The van der Waals surface area contributed by atoms with Gasteiger partial charge in [-0.1, -0.05) is 6.07 Å². The van der Waals surface area contributed by atoms with Gasteiger partial charge in [0.25, 0.3) is 0 Å². The molecule has 86 valence electrons. The predicted octanol–water partition coefficient (Wildman–Crippen LogP) is 2.39. The van der Waals surface area contributed by atoms with Crippen molar-refractivity contribution in [3.63, 3.8) is 0 Å². The van der Waals surface area contributed by atoms with Crippen LogP contribution in [0.1, 0.15) is 25.3 Å². The fourth-order valence-electron chi connectivity index (χ4n) is 1.89. The Morgan fingerprint density at radius 1 is 1.50 bits per heavy atom. The Kier molecular flexibility index (Phi) is 2.58. The lowest BCUT2D eigenvalue weighted by molar-refractivity contribution is -0.147. The van der Waals surface area contributed by atoms with Gasteiger partial charge in [0.2, 0.25) is 0 Å². The lowest BCUT2D eigenvalue weighted by Crippen LogP contribution is -2.21. The van der Waals surface area contributed by atoms with Crippen molar-refractivity contribution in [2.75, 3.05) is 7.11 Å². The molecule has 1 aliphatic rings. The topological polar surface area (TPSA) is 35.5 Å². The Morgan fingerprint density at radius 2 is 2.25 bits per heavy atom. The maximum absolute atomic E-state index is 13.5. The summed E-state index contributed by atoms with van der Waals surface area (Å²) in [5, 5.41) is 0. The molecule has 1 aliphatic heterocycles. The molecule has 0 N–H and O–H groups in total. The van der Waals surface area contributed by atoms with Crippen molar-refractivity contribution in [2.45, 2.75) is 25.4 Å². The highest BCUT2D eigenvalue weighted by Crippen LogP contribution is 2.37. The molecule has 4 heteroatoms. The van der Waals surface area contributed by atoms with E-state index in [2.05, 4.69) is 0 Å². The van der Waals surface area contributed by atoms with Gasteiger partial charge in [-0.2, -0.15) is 0 Å². The number of benzene rings is 1. The lowest BCUT2D eigenvalue weighted by atomic mass is 9.93. The van der Waals surface area contributed by atoms with Crippen LogP contribution in [0.25, 0.3) is 0 Å². The number of cyclic esters (lactones) is 1. The summed E-state index contributed by atoms with van der Waals surface area (Å²) in [6.45, 7) is 1.79. The molecule has 0 spiro atoms. The number of methoxy groups -OCH3 is 1. The highest BCUT2D eigenvalue weighted by atomic mass is 19.1. The molecule has 1 aromatic rings. The van der Waals surface area contributed by atoms with E-state index in [1.807, 2.05) is 0 Å². The quantitative estimate of drug-likeness (QED) is 0.723. The molecule has 0 saturated carbocycles. The fourth-order valence-corrected chi connectivity index (χ4v) is 1.89. The number of rotatable bonds is 2. The van der Waals surface area contributed by atoms with Gasteiger partial charge in [0.05, 0.1) is 7.11 Å². The van der Waals surface area contributed by atoms with E-state index in [1.54, 1.807) is 19.1 Å². The van der Waals surface area contributed by atoms with E-state index in [4.69, 9.17) is 9.47 Å². The van der Waals surface area contributed by atoms with Crippen LogP contribution in [-0.4, -0.2) is 13.1 Å². The molecule has 16 heavy (non-hydrogen) atoms. The standard InChI is InChI=1S/C12H13FO3/c1-12(6-5-11(14)16-12)8-3-4-10(15-2)9(13)7-8/h3-4,7H,5-6H2,1-2H3. The zero-order valence-electron chi connectivity index (χ0n) is 9.25. The first-order valence-corrected chi connectivity index (χ1v) is 5.11. The van der Waals surface area contributed by atoms with Gasteiger partial charge < -0.3 is 9.47 Å². The third-order valence-corrected chi connectivity index (χ3v) is 2.91. The molecule has 1 fully saturated rings. The first-order chi connectivity index (χ1) is 7.55. The third-order valence-electron chi connectivity index (χ3n) is 2.91. The monoisotopic (exact) mass is 224 g/mol. The third kappa shape index (κ3) is 1.75. The second-order valence-electron chi connectivity index (χ2n) is 4.05. The molecule has 2 rings (SSSR count). The van der Waals surface area contributed by atoms with E-state index >= 15 is 0 Å². The van der Waals surface area contributed by atoms with Gasteiger partial charge in [-0.25, -0.2) is 4.39 Å². The molecule has 0 aromatic heterocycles. The summed E-state index contributed by atoms with van der Waals surface area (Å²) in [7, 11) is 1.41. The van der Waals surface area contributed by atoms with Crippen LogP contribution in [0.15, 0.2) is 18.2 Å². The van der Waals surface area contributed by atoms with Crippen LogP contribution in [0.2, 0.25) is 0 Å². The number of carbonyl (C=O) groups excluding carboxylic acids is 1. The van der Waals surface area contributed by atoms with E-state index < -0.39 is 11.4 Å². The van der Waals surface area contributed by atoms with Crippen molar-refractivity contribution in [3.8, 4) is 5.75 Å². The maximum Gasteiger partial charge on any atom is 0.306 e. The SMILES string of the molecule is COc1ccc(C2(C)CCC(=O)O2)cc1F. The smallest absolute Gasteiger partial charge is 0.306 e. The largest absolute Gasteiger partial charge is 0.494 e. The van der Waals surface area contributed by atoms with E-state index in [0.29, 0.717) is 18.4 Å². The minimum Gasteiger partial charge on any atom is -0.494 e. The van der Waals surface area contributed by atoms with Gasteiger partial charge in [-0.3, -0.25) is 4.79 Å². The summed E-state index contributed by atoms with van der Waals surface area (Å²) in [4.78, 5) is 11.1. The zero-order chi connectivity index (χ0) is 11.8. The Balaban J connectivity index is 2.34. The molecule has 1 atom stereocenters. The van der Waals surface area contributed by atoms with Crippen LogP contribution in [0.5, 0.6) is 5.75 Å². The molecule has 0 bridgehead atoms. The van der Waals surface area contributed by atoms with E-state index in [1.165, 1.54) is 13.2 Å². The molecule has 0 amide bonds. The van der Waals surface area contributed by atoms with Crippen molar-refractivity contribution in [1.29, 1.82) is 0 Å². The molecular weight excluding hydrogens is 211 g/mol. The summed E-state index contributed by atoms with van der Waals surface area (Å²) < 4.78 is 23.6. The van der Waals surface area contributed by atoms with Crippen molar-refractivity contribution in [3.05, 3.63) is 29.6 Å². The second kappa shape index (κ2) is 3.77. The minimum atomic E-state index is -0.704. The Hall–Kier alpha value is -1.58. The number of hydrogen-bond acceptors (Lipinski definition) is 3. The van der Waals surface area contributed by atoms with Gasteiger partial charge in [-0.05, 0) is 24.6 Å². The maximum atomic E-state index is 13.5. The summed E-state index contributed by atoms with van der Waals surface area (Å²) in [5.41, 5.74) is -0.0406. The average molecular weight is 224 g/mol. The summed E-state index contributed by atoms with van der Waals surface area (Å²) in [5.74, 6) is -0.487. The van der Waals surface area contributed by atoms with Crippen LogP contribution in [0.3, 0.4) is 0 Å². The molecular formula is C12H13FO3. The van der Waals surface area contributed by atoms with Crippen molar-refractivity contribution >= 4 is 5.97 Å². The average Bonchev–Trinajstić information content (AvgIpc) is 2.60. The van der Waals surface area contributed by atoms with Gasteiger partial charge in [0, 0.05) is 12.8 Å². The first-order valence-electron chi connectivity index (χ1n) is 5.11. The van der Waals surface area contributed by atoms with Crippen molar-refractivity contribution in [2.24, 2.45) is 0 Å². The minimum absolute atomic E-state index is 0.191. The summed E-state index contributed by atoms with van der Waals surface area (Å²) in [6.07, 6.45) is 0.960. The molecule has 1 unspecified atom stereocenters. The summed E-state index contributed by atoms with van der Waals surface area (Å²) >= 11 is 0. The predicted molar refractivity (Wildman–Crippen MR) is 55.6 cm³/mol. The Morgan fingerprint density at radius 3 is 2.75 bits per heavy atom. The Bertz CT molecular complexity index is 430. The van der Waals surface area contributed by atoms with Gasteiger partial charge in [-0.15, -0.1) is 0 Å². The van der Waals surface area contributed by atoms with Crippen LogP contribution >= 0.6 is 0 Å². The molecule has 1 saturated heterocycles. The van der Waals surface area contributed by atoms with Gasteiger partial charge >= 0.3 is 5.97 Å². The number of hydrogen-bond donors (Lipinski definition) is 0. The number of ether oxygens (including phenoxy) is 2. The van der Waals surface area contributed by atoms with E-state index in [9.17, 15) is 9.18 Å². The summed E-state index contributed by atoms with van der Waals surface area (Å²) in [6, 6.07) is 4.63. The fraction of sp³-hybridized carbons (Fsp3) is 0.417. The van der Waals surface area contributed by atoms with Crippen LogP contribution < -0.4 is 4.74 Å². The molecule has 1 aromatic carbocycles. The zero-order valence-corrected chi connectivity index (χ0v) is 9.25. The second-order valence-corrected chi connectivity index (χ2v) is 4.05. The highest BCUT2D eigenvalue weighted by Gasteiger charge is 2.37. The highest BCUT2D eigenvalue weighted by molar-refractivity contribution is 5.72. The van der Waals surface area contributed by atoms with Crippen LogP contribution in [-0.2, 0) is 15.1 Å². The normalized spacial score (nSPS) is 24.3. The number of carbonyl (C=O) groups is 1. The van der Waals surface area contributed by atoms with E-state index in [0.717, 1.165) is 0 Å². The van der Waals surface area contributed by atoms with E-state index in [-0.39, 0.29) is 11.7 Å². The number of esters is 1. The van der Waals surface area contributed by atoms with Gasteiger partial charge in [0.15, 0.2) is 11.6 Å². The molecule has 3 nitrogen and oxygen atoms in total. The molecule has 0 radical (unpaired) electrons. The Labute approximate surface area is 93.2 Å². The first kappa shape index (κ1) is 10.9. The lowest BCUT2D eigenvalue weighted by Gasteiger charge is -2.23. The van der Waals surface area contributed by atoms with Crippen LogP contribution in [0, 0.1) is 5.82 Å². The molecule has 0 aliphatic carbocycles. The van der Waals surface area contributed by atoms with Crippen LogP contribution in [0.4, 0.5) is 4.39 Å².